The van der Waals surface area contributed by atoms with Crippen molar-refractivity contribution in [2.45, 2.75) is 42.4 Å². The first-order valence-electron chi connectivity index (χ1n) is 10.9. The van der Waals surface area contributed by atoms with Crippen LogP contribution in [0.4, 0.5) is 11.4 Å². The van der Waals surface area contributed by atoms with Gasteiger partial charge >= 0.3 is 0 Å². The summed E-state index contributed by atoms with van der Waals surface area (Å²) in [5.41, 5.74) is 1.58. The molecule has 0 spiro atoms. The molecule has 0 aliphatic carbocycles. The Morgan fingerprint density at radius 3 is 2.47 bits per heavy atom. The van der Waals surface area contributed by atoms with E-state index in [4.69, 9.17) is 0 Å². The summed E-state index contributed by atoms with van der Waals surface area (Å²) in [6.07, 6.45) is 3.30. The van der Waals surface area contributed by atoms with Crippen LogP contribution < -0.4 is 14.9 Å². The highest BCUT2D eigenvalue weighted by Crippen LogP contribution is 2.23. The number of nitrogens with zero attached hydrogens (tertiary/aromatic N) is 2. The van der Waals surface area contributed by atoms with E-state index in [0.717, 1.165) is 44.6 Å². The number of carbonyl (C=O) groups is 2. The molecule has 4 rings (SSSR count). The molecule has 172 valence electrons. The first-order valence-corrected chi connectivity index (χ1v) is 13.3. The number of rotatable bonds is 8. The monoisotopic (exact) mass is 476 g/mol. The van der Waals surface area contributed by atoms with Crippen molar-refractivity contribution in [3.05, 3.63) is 41.8 Å². The molecule has 3 heterocycles. The van der Waals surface area contributed by atoms with Crippen LogP contribution in [0.1, 0.15) is 32.1 Å². The van der Waals surface area contributed by atoms with Crippen molar-refractivity contribution in [3.63, 3.8) is 0 Å². The summed E-state index contributed by atoms with van der Waals surface area (Å²) < 4.78 is 27.9. The zero-order valence-electron chi connectivity index (χ0n) is 17.8. The predicted molar refractivity (Wildman–Crippen MR) is 125 cm³/mol. The van der Waals surface area contributed by atoms with E-state index in [1.807, 2.05) is 24.3 Å². The number of hydrogen-bond donors (Lipinski definition) is 2. The lowest BCUT2D eigenvalue weighted by Crippen LogP contribution is -2.45. The Bertz CT molecular complexity index is 1030. The minimum Gasteiger partial charge on any atom is -0.326 e. The fraction of sp³-hybridized carbons (Fsp3) is 0.455. The summed E-state index contributed by atoms with van der Waals surface area (Å²) in [5, 5.41) is 4.66. The molecule has 1 aromatic carbocycles. The van der Waals surface area contributed by atoms with Crippen molar-refractivity contribution < 1.29 is 18.0 Å². The number of amides is 2. The molecule has 2 fully saturated rings. The number of likely N-dealkylation sites (tertiary alicyclic amines) is 1. The number of thiophene rings is 1. The molecule has 2 aliphatic rings. The van der Waals surface area contributed by atoms with Gasteiger partial charge in [-0.05, 0) is 68.1 Å². The summed E-state index contributed by atoms with van der Waals surface area (Å²) in [5.74, 6) is 0.0837. The Hall–Kier alpha value is -2.27. The summed E-state index contributed by atoms with van der Waals surface area (Å²) >= 11 is 1.22. The lowest BCUT2D eigenvalue weighted by atomic mass is 10.1. The van der Waals surface area contributed by atoms with Gasteiger partial charge in [0.2, 0.25) is 21.8 Å². The van der Waals surface area contributed by atoms with Gasteiger partial charge in [-0.3, -0.25) is 9.59 Å². The normalized spacial score (nSPS) is 18.2. The molecule has 2 N–H and O–H groups in total. The van der Waals surface area contributed by atoms with Gasteiger partial charge in [-0.25, -0.2) is 13.1 Å². The molecular formula is C22H28N4O4S2. The average molecular weight is 477 g/mol. The Kier molecular flexibility index (Phi) is 7.24. The largest absolute Gasteiger partial charge is 0.326 e. The van der Waals surface area contributed by atoms with Gasteiger partial charge in [-0.15, -0.1) is 11.3 Å². The van der Waals surface area contributed by atoms with E-state index in [9.17, 15) is 18.0 Å². The minimum atomic E-state index is -3.44. The number of carbonyl (C=O) groups excluding carboxylic acids is 2. The van der Waals surface area contributed by atoms with Gasteiger partial charge in [0, 0.05) is 43.3 Å². The molecular weight excluding hydrogens is 448 g/mol. The van der Waals surface area contributed by atoms with Gasteiger partial charge in [-0.2, -0.15) is 0 Å². The van der Waals surface area contributed by atoms with E-state index in [0.29, 0.717) is 29.3 Å². The quantitative estimate of drug-likeness (QED) is 0.610. The van der Waals surface area contributed by atoms with Gasteiger partial charge in [0.25, 0.3) is 0 Å². The maximum atomic E-state index is 12.4. The summed E-state index contributed by atoms with van der Waals surface area (Å²) in [6.45, 7) is 2.89. The zero-order chi connectivity index (χ0) is 22.6. The topological polar surface area (TPSA) is 98.8 Å². The van der Waals surface area contributed by atoms with Crippen LogP contribution in [-0.4, -0.2) is 57.4 Å². The third-order valence-electron chi connectivity index (χ3n) is 5.86. The molecule has 2 amide bonds. The first kappa shape index (κ1) is 22.9. The fourth-order valence-corrected chi connectivity index (χ4v) is 6.41. The number of benzene rings is 1. The van der Waals surface area contributed by atoms with E-state index >= 15 is 0 Å². The van der Waals surface area contributed by atoms with Gasteiger partial charge in [0.05, 0.1) is 0 Å². The molecule has 0 atom stereocenters. The second-order valence-electron chi connectivity index (χ2n) is 8.16. The molecule has 0 bridgehead atoms. The SMILES string of the molecule is O=C(CCN1CCC(NS(=O)(=O)c2cccs2)CC1)Nc1ccc(N2CCCC2=O)cc1. The summed E-state index contributed by atoms with van der Waals surface area (Å²) in [7, 11) is -3.44. The van der Waals surface area contributed by atoms with E-state index in [1.54, 1.807) is 22.4 Å². The highest BCUT2D eigenvalue weighted by Gasteiger charge is 2.25. The number of anilines is 2. The van der Waals surface area contributed by atoms with Crippen molar-refractivity contribution in [2.75, 3.05) is 36.4 Å². The maximum Gasteiger partial charge on any atom is 0.250 e. The van der Waals surface area contributed by atoms with Crippen molar-refractivity contribution >= 4 is 44.5 Å². The molecule has 0 unspecified atom stereocenters. The Morgan fingerprint density at radius 1 is 1.09 bits per heavy atom. The predicted octanol–water partition coefficient (Wildman–Crippen LogP) is 2.65. The first-order chi connectivity index (χ1) is 15.4. The molecule has 0 radical (unpaired) electrons. The lowest BCUT2D eigenvalue weighted by Gasteiger charge is -2.31. The van der Waals surface area contributed by atoms with Gasteiger partial charge in [0.1, 0.15) is 4.21 Å². The molecule has 1 aromatic heterocycles. The third kappa shape index (κ3) is 5.74. The van der Waals surface area contributed by atoms with Gasteiger partial charge in [0.15, 0.2) is 0 Å². The molecule has 8 nitrogen and oxygen atoms in total. The van der Waals surface area contributed by atoms with Crippen LogP contribution in [0.5, 0.6) is 0 Å². The lowest BCUT2D eigenvalue weighted by molar-refractivity contribution is -0.117. The van der Waals surface area contributed by atoms with Crippen molar-refractivity contribution in [3.8, 4) is 0 Å². The number of sulfonamides is 1. The fourth-order valence-electron chi connectivity index (χ4n) is 4.10. The van der Waals surface area contributed by atoms with Crippen LogP contribution in [0.2, 0.25) is 0 Å². The van der Waals surface area contributed by atoms with E-state index in [2.05, 4.69) is 14.9 Å². The van der Waals surface area contributed by atoms with Crippen LogP contribution >= 0.6 is 11.3 Å². The Labute approximate surface area is 192 Å². The standard InChI is InChI=1S/C22H28N4O4S2/c27-20(23-17-5-7-19(8-6-17)26-12-1-3-21(26)28)11-15-25-13-9-18(10-14-25)24-32(29,30)22-4-2-16-31-22/h2,4-8,16,18,24H,1,3,9-15H2,(H,23,27). The van der Waals surface area contributed by atoms with Crippen LogP contribution in [-0.2, 0) is 19.6 Å². The van der Waals surface area contributed by atoms with Crippen LogP contribution in [0.15, 0.2) is 46.0 Å². The molecule has 10 heteroatoms. The minimum absolute atomic E-state index is 0.0597. The van der Waals surface area contributed by atoms with Crippen LogP contribution in [0, 0.1) is 0 Å². The smallest absolute Gasteiger partial charge is 0.250 e. The third-order valence-corrected chi connectivity index (χ3v) is 8.78. The molecule has 2 aromatic rings. The average Bonchev–Trinajstić information content (AvgIpc) is 3.46. The van der Waals surface area contributed by atoms with Crippen molar-refractivity contribution in [1.29, 1.82) is 0 Å². The number of piperidine rings is 1. The summed E-state index contributed by atoms with van der Waals surface area (Å²) in [6, 6.07) is 10.6. The molecule has 32 heavy (non-hydrogen) atoms. The van der Waals surface area contributed by atoms with Crippen LogP contribution in [0.25, 0.3) is 0 Å². The molecule has 0 saturated carbocycles. The number of hydrogen-bond acceptors (Lipinski definition) is 6. The number of nitrogens with one attached hydrogen (secondary N) is 2. The maximum absolute atomic E-state index is 12.4. The molecule has 2 saturated heterocycles. The van der Waals surface area contributed by atoms with Gasteiger partial charge in [-0.1, -0.05) is 6.07 Å². The highest BCUT2D eigenvalue weighted by atomic mass is 32.2. The highest BCUT2D eigenvalue weighted by molar-refractivity contribution is 7.91. The van der Waals surface area contributed by atoms with E-state index in [-0.39, 0.29) is 17.9 Å². The van der Waals surface area contributed by atoms with E-state index in [1.165, 1.54) is 11.3 Å². The Balaban J connectivity index is 1.18. The molecule has 2 aliphatic heterocycles. The summed E-state index contributed by atoms with van der Waals surface area (Å²) in [4.78, 5) is 28.1. The van der Waals surface area contributed by atoms with Crippen LogP contribution in [0.3, 0.4) is 0 Å². The Morgan fingerprint density at radius 2 is 1.84 bits per heavy atom. The van der Waals surface area contributed by atoms with Gasteiger partial charge < -0.3 is 15.1 Å². The second-order valence-corrected chi connectivity index (χ2v) is 11.1. The van der Waals surface area contributed by atoms with E-state index < -0.39 is 10.0 Å². The van der Waals surface area contributed by atoms with Crippen molar-refractivity contribution in [1.82, 2.24) is 9.62 Å². The zero-order valence-corrected chi connectivity index (χ0v) is 19.5. The van der Waals surface area contributed by atoms with Crippen molar-refractivity contribution in [2.24, 2.45) is 0 Å². The second kappa shape index (κ2) is 10.1.